The van der Waals surface area contributed by atoms with E-state index in [4.69, 9.17) is 4.74 Å². The Hall–Kier alpha value is -2.00. The Kier molecular flexibility index (Phi) is 6.68. The van der Waals surface area contributed by atoms with Gasteiger partial charge in [-0.3, -0.25) is 4.79 Å². The average Bonchev–Trinajstić information content (AvgIpc) is 2.58. The third-order valence-corrected chi connectivity index (χ3v) is 4.57. The molecule has 2 N–H and O–H groups in total. The molecule has 0 radical (unpaired) electrons. The van der Waals surface area contributed by atoms with Crippen LogP contribution < -0.4 is 10.1 Å². The molecule has 0 aromatic heterocycles. The summed E-state index contributed by atoms with van der Waals surface area (Å²) >= 11 is 3.25. The SMILES string of the molecule is CCOc1cc(/C=C(/C#N)C(=O)NC2CCCCC2)cc(Br)c1O. The highest BCUT2D eigenvalue weighted by Crippen LogP contribution is 2.36. The average molecular weight is 393 g/mol. The number of nitriles is 1. The zero-order valence-corrected chi connectivity index (χ0v) is 15.2. The van der Waals surface area contributed by atoms with E-state index in [-0.39, 0.29) is 23.3 Å². The van der Waals surface area contributed by atoms with Crippen molar-refractivity contribution in [2.45, 2.75) is 45.1 Å². The fraction of sp³-hybridized carbons (Fsp3) is 0.444. The number of hydrogen-bond donors (Lipinski definition) is 2. The molecule has 0 aliphatic heterocycles. The fourth-order valence-corrected chi connectivity index (χ4v) is 3.23. The molecule has 1 aromatic rings. The second kappa shape index (κ2) is 8.74. The molecule has 0 bridgehead atoms. The van der Waals surface area contributed by atoms with Crippen LogP contribution in [-0.2, 0) is 4.79 Å². The maximum absolute atomic E-state index is 12.3. The van der Waals surface area contributed by atoms with Crippen LogP contribution in [-0.4, -0.2) is 23.7 Å². The minimum Gasteiger partial charge on any atom is -0.503 e. The van der Waals surface area contributed by atoms with Crippen molar-refractivity contribution < 1.29 is 14.6 Å². The number of carbonyl (C=O) groups is 1. The summed E-state index contributed by atoms with van der Waals surface area (Å²) in [5, 5.41) is 22.2. The van der Waals surface area contributed by atoms with E-state index in [9.17, 15) is 15.2 Å². The van der Waals surface area contributed by atoms with Crippen LogP contribution in [0, 0.1) is 11.3 Å². The summed E-state index contributed by atoms with van der Waals surface area (Å²) in [4.78, 5) is 12.3. The minimum atomic E-state index is -0.355. The molecule has 1 amide bonds. The molecular weight excluding hydrogens is 372 g/mol. The van der Waals surface area contributed by atoms with E-state index in [1.165, 1.54) is 12.5 Å². The molecule has 1 fully saturated rings. The van der Waals surface area contributed by atoms with E-state index in [1.54, 1.807) is 12.1 Å². The number of nitrogens with zero attached hydrogens (tertiary/aromatic N) is 1. The van der Waals surface area contributed by atoms with Gasteiger partial charge in [0.25, 0.3) is 5.91 Å². The first-order valence-corrected chi connectivity index (χ1v) is 8.92. The van der Waals surface area contributed by atoms with Gasteiger partial charge in [-0.15, -0.1) is 0 Å². The van der Waals surface area contributed by atoms with Gasteiger partial charge >= 0.3 is 0 Å². The maximum atomic E-state index is 12.3. The smallest absolute Gasteiger partial charge is 0.262 e. The van der Waals surface area contributed by atoms with E-state index in [0.717, 1.165) is 25.7 Å². The Morgan fingerprint density at radius 2 is 2.17 bits per heavy atom. The van der Waals surface area contributed by atoms with Crippen LogP contribution in [0.3, 0.4) is 0 Å². The van der Waals surface area contributed by atoms with Gasteiger partial charge in [0, 0.05) is 6.04 Å². The number of benzene rings is 1. The Labute approximate surface area is 150 Å². The van der Waals surface area contributed by atoms with Crippen LogP contribution >= 0.6 is 15.9 Å². The van der Waals surface area contributed by atoms with Crippen LogP contribution in [0.5, 0.6) is 11.5 Å². The van der Waals surface area contributed by atoms with Crippen LogP contribution in [0.25, 0.3) is 6.08 Å². The summed E-state index contributed by atoms with van der Waals surface area (Å²) in [5.41, 5.74) is 0.652. The van der Waals surface area contributed by atoms with Crippen molar-refractivity contribution in [3.8, 4) is 17.6 Å². The van der Waals surface area contributed by atoms with Gasteiger partial charge in [0.05, 0.1) is 11.1 Å². The lowest BCUT2D eigenvalue weighted by Gasteiger charge is -2.22. The van der Waals surface area contributed by atoms with Gasteiger partial charge in [-0.05, 0) is 59.5 Å². The molecule has 128 valence electrons. The quantitative estimate of drug-likeness (QED) is 0.587. The van der Waals surface area contributed by atoms with Gasteiger partial charge in [-0.2, -0.15) is 5.26 Å². The molecule has 0 atom stereocenters. The molecule has 0 unspecified atom stereocenters. The van der Waals surface area contributed by atoms with Crippen LogP contribution in [0.15, 0.2) is 22.2 Å². The summed E-state index contributed by atoms with van der Waals surface area (Å²) in [6.07, 6.45) is 6.85. The Morgan fingerprint density at radius 1 is 1.46 bits per heavy atom. The number of phenols is 1. The topological polar surface area (TPSA) is 82.3 Å². The molecule has 24 heavy (non-hydrogen) atoms. The predicted molar refractivity (Wildman–Crippen MR) is 95.6 cm³/mol. The third-order valence-electron chi connectivity index (χ3n) is 3.97. The third kappa shape index (κ3) is 4.75. The van der Waals surface area contributed by atoms with Crippen molar-refractivity contribution in [2.75, 3.05) is 6.61 Å². The number of phenolic OH excluding ortho intramolecular Hbond substituents is 1. The second-order valence-electron chi connectivity index (χ2n) is 5.76. The molecule has 5 nitrogen and oxygen atoms in total. The molecule has 1 saturated carbocycles. The molecule has 1 aliphatic carbocycles. The van der Waals surface area contributed by atoms with Gasteiger partial charge < -0.3 is 15.2 Å². The van der Waals surface area contributed by atoms with E-state index >= 15 is 0 Å². The normalized spacial score (nSPS) is 15.6. The molecule has 1 aliphatic rings. The number of carbonyl (C=O) groups excluding carboxylic acids is 1. The van der Waals surface area contributed by atoms with Gasteiger partial charge in [-0.25, -0.2) is 0 Å². The first-order valence-electron chi connectivity index (χ1n) is 8.13. The van der Waals surface area contributed by atoms with E-state index in [2.05, 4.69) is 21.2 Å². The summed E-state index contributed by atoms with van der Waals surface area (Å²) in [6.45, 7) is 2.22. The number of nitrogens with one attached hydrogen (secondary N) is 1. The molecule has 0 heterocycles. The standard InChI is InChI=1S/C18H21BrN2O3/c1-2-24-16-10-12(9-15(19)17(16)22)8-13(11-20)18(23)21-14-6-4-3-5-7-14/h8-10,14,22H,2-7H2,1H3,(H,21,23)/b13-8-. The molecule has 2 rings (SSSR count). The van der Waals surface area contributed by atoms with Crippen molar-refractivity contribution in [3.63, 3.8) is 0 Å². The van der Waals surface area contributed by atoms with Gasteiger partial charge in [-0.1, -0.05) is 19.3 Å². The van der Waals surface area contributed by atoms with Gasteiger partial charge in [0.15, 0.2) is 11.5 Å². The highest BCUT2D eigenvalue weighted by atomic mass is 79.9. The number of amides is 1. The highest BCUT2D eigenvalue weighted by molar-refractivity contribution is 9.10. The lowest BCUT2D eigenvalue weighted by atomic mass is 9.95. The predicted octanol–water partition coefficient (Wildman–Crippen LogP) is 3.91. The summed E-state index contributed by atoms with van der Waals surface area (Å²) in [7, 11) is 0. The maximum Gasteiger partial charge on any atom is 0.262 e. The Morgan fingerprint density at radius 3 is 2.79 bits per heavy atom. The summed E-state index contributed by atoms with van der Waals surface area (Å²) < 4.78 is 5.81. The van der Waals surface area contributed by atoms with E-state index in [1.807, 2.05) is 13.0 Å². The highest BCUT2D eigenvalue weighted by Gasteiger charge is 2.18. The zero-order valence-electron chi connectivity index (χ0n) is 13.6. The first kappa shape index (κ1) is 18.3. The van der Waals surface area contributed by atoms with Crippen molar-refractivity contribution in [1.82, 2.24) is 5.32 Å². The number of rotatable bonds is 5. The first-order chi connectivity index (χ1) is 11.5. The summed E-state index contributed by atoms with van der Waals surface area (Å²) in [6, 6.07) is 5.35. The fourth-order valence-electron chi connectivity index (χ4n) is 2.77. The van der Waals surface area contributed by atoms with Crippen LogP contribution in [0.1, 0.15) is 44.6 Å². The van der Waals surface area contributed by atoms with Crippen molar-refractivity contribution in [2.24, 2.45) is 0 Å². The summed E-state index contributed by atoms with van der Waals surface area (Å²) in [5.74, 6) is -0.0474. The Bertz CT molecular complexity index is 674. The van der Waals surface area contributed by atoms with Crippen molar-refractivity contribution in [3.05, 3.63) is 27.7 Å². The van der Waals surface area contributed by atoms with E-state index < -0.39 is 0 Å². The molecule has 0 saturated heterocycles. The second-order valence-corrected chi connectivity index (χ2v) is 6.62. The largest absolute Gasteiger partial charge is 0.503 e. The molecule has 6 heteroatoms. The molecule has 1 aromatic carbocycles. The minimum absolute atomic E-state index is 0.000773. The lowest BCUT2D eigenvalue weighted by molar-refractivity contribution is -0.117. The number of halogens is 1. The van der Waals surface area contributed by atoms with Crippen LogP contribution in [0.4, 0.5) is 0 Å². The number of ether oxygens (including phenoxy) is 1. The monoisotopic (exact) mass is 392 g/mol. The zero-order chi connectivity index (χ0) is 17.5. The van der Waals surface area contributed by atoms with Gasteiger partial charge in [0.1, 0.15) is 11.6 Å². The number of aromatic hydroxyl groups is 1. The lowest BCUT2D eigenvalue weighted by Crippen LogP contribution is -2.36. The van der Waals surface area contributed by atoms with Crippen molar-refractivity contribution >= 4 is 27.9 Å². The van der Waals surface area contributed by atoms with Crippen LogP contribution in [0.2, 0.25) is 0 Å². The molecule has 0 spiro atoms. The van der Waals surface area contributed by atoms with Gasteiger partial charge in [0.2, 0.25) is 0 Å². The van der Waals surface area contributed by atoms with Crippen molar-refractivity contribution in [1.29, 1.82) is 5.26 Å². The molecular formula is C18H21BrN2O3. The van der Waals surface area contributed by atoms with E-state index in [0.29, 0.717) is 22.4 Å². The Balaban J connectivity index is 2.20. The number of hydrogen-bond acceptors (Lipinski definition) is 4.